The molecule has 0 atom stereocenters. The lowest BCUT2D eigenvalue weighted by atomic mass is 9.95. The summed E-state index contributed by atoms with van der Waals surface area (Å²) in [6.45, 7) is 1.54. The molecule has 0 saturated carbocycles. The highest BCUT2D eigenvalue weighted by molar-refractivity contribution is 7.71. The average molecular weight is 393 g/mol. The van der Waals surface area contributed by atoms with Crippen LogP contribution < -0.4 is 0 Å². The van der Waals surface area contributed by atoms with Crippen LogP contribution in [0.5, 0.6) is 0 Å². The first-order valence-corrected chi connectivity index (χ1v) is 10.1. The number of likely N-dealkylation sites (tertiary alicyclic amines) is 1. The van der Waals surface area contributed by atoms with Gasteiger partial charge in [-0.3, -0.25) is 9.89 Å². The zero-order valence-corrected chi connectivity index (χ0v) is 16.8. The largest absolute Gasteiger partial charge is 0.342 e. The Morgan fingerprint density at radius 3 is 2.32 bits per heavy atom. The molecule has 5 nitrogen and oxygen atoms in total. The van der Waals surface area contributed by atoms with E-state index in [2.05, 4.69) is 46.6 Å². The van der Waals surface area contributed by atoms with E-state index in [1.165, 1.54) is 11.1 Å². The number of aromatic nitrogens is 3. The highest BCUT2D eigenvalue weighted by atomic mass is 32.1. The van der Waals surface area contributed by atoms with Gasteiger partial charge in [0.2, 0.25) is 5.91 Å². The fourth-order valence-electron chi connectivity index (χ4n) is 3.84. The lowest BCUT2D eigenvalue weighted by Gasteiger charge is -2.31. The van der Waals surface area contributed by atoms with Gasteiger partial charge in [0.1, 0.15) is 5.82 Å². The van der Waals surface area contributed by atoms with Gasteiger partial charge in [-0.05, 0) is 41.7 Å². The molecule has 1 aliphatic rings. The number of carbonyl (C=O) groups excluding carboxylic acids is 1. The number of hydrogen-bond acceptors (Lipinski definition) is 3. The summed E-state index contributed by atoms with van der Waals surface area (Å²) in [5.74, 6) is 1.54. The first-order valence-electron chi connectivity index (χ1n) is 9.65. The maximum absolute atomic E-state index is 12.7. The van der Waals surface area contributed by atoms with Crippen LogP contribution in [-0.2, 0) is 18.3 Å². The molecule has 0 aliphatic carbocycles. The Bertz CT molecular complexity index is 999. The number of amides is 1. The van der Waals surface area contributed by atoms with Crippen LogP contribution in [0.25, 0.3) is 11.1 Å². The minimum Gasteiger partial charge on any atom is -0.342 e. The normalized spacial score (nSPS) is 15.0. The van der Waals surface area contributed by atoms with Crippen LogP contribution in [-0.4, -0.2) is 38.7 Å². The summed E-state index contributed by atoms with van der Waals surface area (Å²) < 4.78 is 2.58. The molecular formula is C22H24N4OS. The third kappa shape index (κ3) is 3.92. The predicted octanol–water partition coefficient (Wildman–Crippen LogP) is 4.09. The van der Waals surface area contributed by atoms with Crippen molar-refractivity contribution in [1.29, 1.82) is 0 Å². The third-order valence-corrected chi connectivity index (χ3v) is 5.91. The van der Waals surface area contributed by atoms with E-state index >= 15 is 0 Å². The molecule has 2 heterocycles. The monoisotopic (exact) mass is 392 g/mol. The average Bonchev–Trinajstić information content (AvgIpc) is 3.08. The van der Waals surface area contributed by atoms with E-state index in [-0.39, 0.29) is 5.91 Å². The summed E-state index contributed by atoms with van der Waals surface area (Å²) in [7, 11) is 1.94. The van der Waals surface area contributed by atoms with E-state index in [0.717, 1.165) is 37.3 Å². The molecule has 1 fully saturated rings. The molecule has 1 aliphatic heterocycles. The minimum atomic E-state index is 0.196. The fourth-order valence-corrected chi connectivity index (χ4v) is 3.98. The van der Waals surface area contributed by atoms with E-state index in [9.17, 15) is 4.79 Å². The van der Waals surface area contributed by atoms with Crippen molar-refractivity contribution >= 4 is 18.1 Å². The van der Waals surface area contributed by atoms with Crippen LogP contribution in [0.1, 0.15) is 30.1 Å². The quantitative estimate of drug-likeness (QED) is 0.681. The number of hydrogen-bond donors (Lipinski definition) is 1. The Hall–Kier alpha value is -2.73. The Morgan fingerprint density at radius 1 is 1.07 bits per heavy atom. The van der Waals surface area contributed by atoms with Crippen molar-refractivity contribution < 1.29 is 4.79 Å². The van der Waals surface area contributed by atoms with Gasteiger partial charge in [-0.25, -0.2) is 0 Å². The Morgan fingerprint density at radius 2 is 1.71 bits per heavy atom. The summed E-state index contributed by atoms with van der Waals surface area (Å²) >= 11 is 5.20. The molecule has 28 heavy (non-hydrogen) atoms. The van der Waals surface area contributed by atoms with Gasteiger partial charge in [-0.2, -0.15) is 5.10 Å². The molecule has 1 aromatic heterocycles. The molecule has 1 saturated heterocycles. The van der Waals surface area contributed by atoms with Crippen molar-refractivity contribution in [2.24, 2.45) is 7.05 Å². The number of aromatic amines is 1. The molecule has 6 heteroatoms. The van der Waals surface area contributed by atoms with Crippen LogP contribution in [0.2, 0.25) is 0 Å². The summed E-state index contributed by atoms with van der Waals surface area (Å²) in [6, 6.07) is 18.6. The number of carbonyl (C=O) groups is 1. The smallest absolute Gasteiger partial charge is 0.226 e. The maximum Gasteiger partial charge on any atom is 0.226 e. The van der Waals surface area contributed by atoms with Crippen LogP contribution in [0.15, 0.2) is 54.6 Å². The number of H-pyrrole nitrogens is 1. The van der Waals surface area contributed by atoms with Crippen molar-refractivity contribution in [1.82, 2.24) is 19.7 Å². The van der Waals surface area contributed by atoms with Gasteiger partial charge < -0.3 is 9.47 Å². The molecule has 144 valence electrons. The SMILES string of the molecule is Cn1c(C2CCN(C(=O)Cc3ccc(-c4ccccc4)cc3)CC2)n[nH]c1=S. The van der Waals surface area contributed by atoms with Crippen molar-refractivity contribution in [3.05, 3.63) is 70.8 Å². The number of piperidine rings is 1. The van der Waals surface area contributed by atoms with Crippen LogP contribution in [0.4, 0.5) is 0 Å². The van der Waals surface area contributed by atoms with Crippen molar-refractivity contribution in [2.45, 2.75) is 25.2 Å². The molecular weight excluding hydrogens is 368 g/mol. The molecule has 0 bridgehead atoms. The van der Waals surface area contributed by atoms with Crippen LogP contribution in [0, 0.1) is 4.77 Å². The first-order chi connectivity index (χ1) is 13.6. The summed E-state index contributed by atoms with van der Waals surface area (Å²) in [4.78, 5) is 14.7. The van der Waals surface area contributed by atoms with Gasteiger partial charge in [-0.1, -0.05) is 54.6 Å². The van der Waals surface area contributed by atoms with Gasteiger partial charge >= 0.3 is 0 Å². The topological polar surface area (TPSA) is 53.9 Å². The number of rotatable bonds is 4. The van der Waals surface area contributed by atoms with Gasteiger partial charge in [-0.15, -0.1) is 0 Å². The predicted molar refractivity (Wildman–Crippen MR) is 113 cm³/mol. The second-order valence-electron chi connectivity index (χ2n) is 7.34. The Kier molecular flexibility index (Phi) is 5.39. The van der Waals surface area contributed by atoms with Crippen molar-refractivity contribution in [2.75, 3.05) is 13.1 Å². The molecule has 1 N–H and O–H groups in total. The summed E-state index contributed by atoms with van der Waals surface area (Å²) in [5.41, 5.74) is 3.42. The van der Waals surface area contributed by atoms with Gasteiger partial charge in [0.25, 0.3) is 0 Å². The Balaban J connectivity index is 1.34. The lowest BCUT2D eigenvalue weighted by molar-refractivity contribution is -0.131. The molecule has 1 amide bonds. The van der Waals surface area contributed by atoms with E-state index < -0.39 is 0 Å². The minimum absolute atomic E-state index is 0.196. The van der Waals surface area contributed by atoms with Crippen LogP contribution in [0.3, 0.4) is 0 Å². The molecule has 0 unspecified atom stereocenters. The highest BCUT2D eigenvalue weighted by Gasteiger charge is 2.26. The first kappa shape index (κ1) is 18.6. The molecule has 4 rings (SSSR count). The van der Waals surface area contributed by atoms with Gasteiger partial charge in [0, 0.05) is 26.1 Å². The third-order valence-electron chi connectivity index (χ3n) is 5.54. The number of nitrogens with zero attached hydrogens (tertiary/aromatic N) is 3. The summed E-state index contributed by atoms with van der Waals surface area (Å²) in [6.07, 6.45) is 2.30. The molecule has 0 spiro atoms. The Labute approximate surface area is 170 Å². The van der Waals surface area contributed by atoms with E-state index in [1.54, 1.807) is 0 Å². The lowest BCUT2D eigenvalue weighted by Crippen LogP contribution is -2.39. The summed E-state index contributed by atoms with van der Waals surface area (Å²) in [5, 5.41) is 7.20. The van der Waals surface area contributed by atoms with E-state index in [1.807, 2.05) is 34.7 Å². The van der Waals surface area contributed by atoms with Crippen molar-refractivity contribution in [3.8, 4) is 11.1 Å². The zero-order valence-electron chi connectivity index (χ0n) is 16.0. The zero-order chi connectivity index (χ0) is 19.5. The molecule has 3 aromatic rings. The standard InChI is InChI=1S/C22H24N4OS/c1-25-21(23-24-22(25)28)19-11-13-26(14-12-19)20(27)15-16-7-9-18(10-8-16)17-5-3-2-4-6-17/h2-10,19H,11-15H2,1H3,(H,24,28). The number of nitrogens with one attached hydrogen (secondary N) is 1. The second-order valence-corrected chi connectivity index (χ2v) is 7.73. The maximum atomic E-state index is 12.7. The van der Waals surface area contributed by atoms with E-state index in [0.29, 0.717) is 17.1 Å². The molecule has 0 radical (unpaired) electrons. The van der Waals surface area contributed by atoms with Gasteiger partial charge in [0.15, 0.2) is 4.77 Å². The highest BCUT2D eigenvalue weighted by Crippen LogP contribution is 2.27. The number of benzene rings is 2. The fraction of sp³-hybridized carbons (Fsp3) is 0.318. The van der Waals surface area contributed by atoms with E-state index in [4.69, 9.17) is 12.2 Å². The van der Waals surface area contributed by atoms with Gasteiger partial charge in [0.05, 0.1) is 6.42 Å². The van der Waals surface area contributed by atoms with Crippen LogP contribution >= 0.6 is 12.2 Å². The second kappa shape index (κ2) is 8.10. The van der Waals surface area contributed by atoms with Crippen molar-refractivity contribution in [3.63, 3.8) is 0 Å². The molecule has 2 aromatic carbocycles.